The Kier molecular flexibility index (Phi) is 2.63. The van der Waals surface area contributed by atoms with Crippen molar-refractivity contribution in [3.8, 4) is 17.0 Å². The number of hydrogen-bond acceptors (Lipinski definition) is 3. The fraction of sp³-hybridized carbons (Fsp3) is 0.0769. The van der Waals surface area contributed by atoms with Gasteiger partial charge in [0.2, 0.25) is 0 Å². The zero-order valence-electron chi connectivity index (χ0n) is 9.61. The van der Waals surface area contributed by atoms with Crippen molar-refractivity contribution in [1.82, 2.24) is 4.98 Å². The minimum atomic E-state index is -0.685. The van der Waals surface area contributed by atoms with Crippen molar-refractivity contribution in [2.24, 2.45) is 0 Å². The second-order valence-electron chi connectivity index (χ2n) is 4.04. The molecular formula is C13H8F2N2O2. The van der Waals surface area contributed by atoms with Gasteiger partial charge in [-0.25, -0.2) is 13.8 Å². The first-order chi connectivity index (χ1) is 9.11. The van der Waals surface area contributed by atoms with Crippen LogP contribution in [-0.4, -0.2) is 17.5 Å². The quantitative estimate of drug-likeness (QED) is 0.858. The second-order valence-corrected chi connectivity index (χ2v) is 4.04. The molecule has 6 heteroatoms. The summed E-state index contributed by atoms with van der Waals surface area (Å²) in [5.41, 5.74) is 0.642. The molecule has 0 atom stereocenters. The van der Waals surface area contributed by atoms with Gasteiger partial charge in [-0.15, -0.1) is 0 Å². The number of nitrogens with one attached hydrogen (secondary N) is 1. The number of aromatic nitrogens is 1. The molecule has 0 saturated heterocycles. The van der Waals surface area contributed by atoms with Crippen LogP contribution in [0.5, 0.6) is 5.75 Å². The van der Waals surface area contributed by atoms with Gasteiger partial charge < -0.3 is 10.1 Å². The number of carbonyl (C=O) groups excluding carboxylic acids is 1. The molecule has 3 rings (SSSR count). The number of benzene rings is 1. The average Bonchev–Trinajstić information content (AvgIpc) is 2.36. The van der Waals surface area contributed by atoms with Gasteiger partial charge in [-0.1, -0.05) is 0 Å². The molecule has 1 aromatic heterocycles. The Morgan fingerprint density at radius 2 is 1.89 bits per heavy atom. The van der Waals surface area contributed by atoms with E-state index in [-0.39, 0.29) is 18.3 Å². The molecule has 1 aromatic carbocycles. The number of nitrogens with zero attached hydrogens (tertiary/aromatic N) is 1. The van der Waals surface area contributed by atoms with E-state index in [1.54, 1.807) is 12.1 Å². The third kappa shape index (κ3) is 2.24. The number of hydrogen-bond donors (Lipinski definition) is 1. The van der Waals surface area contributed by atoms with Crippen LogP contribution in [0.1, 0.15) is 0 Å². The zero-order valence-corrected chi connectivity index (χ0v) is 9.61. The van der Waals surface area contributed by atoms with Crippen LogP contribution in [0.25, 0.3) is 11.3 Å². The molecule has 0 radical (unpaired) electrons. The molecule has 0 unspecified atom stereocenters. The molecule has 1 aliphatic heterocycles. The van der Waals surface area contributed by atoms with Gasteiger partial charge in [0, 0.05) is 11.6 Å². The lowest BCUT2D eigenvalue weighted by atomic mass is 10.1. The maximum absolute atomic E-state index is 13.2. The monoisotopic (exact) mass is 262 g/mol. The Balaban J connectivity index is 2.06. The molecule has 2 heterocycles. The summed E-state index contributed by atoms with van der Waals surface area (Å²) in [5, 5.41) is 2.54. The van der Waals surface area contributed by atoms with Crippen LogP contribution in [0.3, 0.4) is 0 Å². The third-order valence-electron chi connectivity index (χ3n) is 2.63. The van der Waals surface area contributed by atoms with Crippen molar-refractivity contribution in [3.05, 3.63) is 42.0 Å². The fourth-order valence-corrected chi connectivity index (χ4v) is 1.83. The van der Waals surface area contributed by atoms with Crippen molar-refractivity contribution in [2.75, 3.05) is 11.9 Å². The highest BCUT2D eigenvalue weighted by Gasteiger charge is 2.18. The first-order valence-corrected chi connectivity index (χ1v) is 5.52. The van der Waals surface area contributed by atoms with Crippen molar-refractivity contribution >= 4 is 11.7 Å². The highest BCUT2D eigenvalue weighted by molar-refractivity contribution is 5.94. The van der Waals surface area contributed by atoms with Crippen LogP contribution in [0, 0.1) is 11.6 Å². The maximum atomic E-state index is 13.2. The van der Waals surface area contributed by atoms with Crippen molar-refractivity contribution in [2.45, 2.75) is 0 Å². The van der Waals surface area contributed by atoms with Gasteiger partial charge in [0.1, 0.15) is 11.6 Å². The lowest BCUT2D eigenvalue weighted by Gasteiger charge is -2.17. The molecule has 19 heavy (non-hydrogen) atoms. The predicted molar refractivity (Wildman–Crippen MR) is 63.7 cm³/mol. The highest BCUT2D eigenvalue weighted by Crippen LogP contribution is 2.29. The Labute approximate surface area is 107 Å². The van der Waals surface area contributed by atoms with Gasteiger partial charge in [-0.3, -0.25) is 4.79 Å². The summed E-state index contributed by atoms with van der Waals surface area (Å²) < 4.78 is 31.5. The number of rotatable bonds is 1. The summed E-state index contributed by atoms with van der Waals surface area (Å²) in [4.78, 5) is 15.3. The minimum absolute atomic E-state index is 0.0668. The Morgan fingerprint density at radius 1 is 1.16 bits per heavy atom. The lowest BCUT2D eigenvalue weighted by molar-refractivity contribution is -0.118. The van der Waals surface area contributed by atoms with E-state index in [4.69, 9.17) is 4.74 Å². The normalized spacial score (nSPS) is 13.5. The number of amides is 1. The van der Waals surface area contributed by atoms with Crippen LogP contribution in [0.4, 0.5) is 14.6 Å². The molecule has 0 fully saturated rings. The van der Waals surface area contributed by atoms with E-state index < -0.39 is 11.6 Å². The van der Waals surface area contributed by atoms with Crippen LogP contribution < -0.4 is 10.1 Å². The zero-order chi connectivity index (χ0) is 13.4. The largest absolute Gasteiger partial charge is 0.480 e. The van der Waals surface area contributed by atoms with E-state index in [0.717, 1.165) is 6.07 Å². The van der Waals surface area contributed by atoms with E-state index in [1.807, 2.05) is 0 Å². The van der Waals surface area contributed by atoms with E-state index in [0.29, 0.717) is 17.0 Å². The Bertz CT molecular complexity index is 653. The minimum Gasteiger partial charge on any atom is -0.480 e. The molecule has 2 aromatic rings. The number of ether oxygens (including phenoxy) is 1. The second kappa shape index (κ2) is 4.31. The number of pyridine rings is 1. The highest BCUT2D eigenvalue weighted by atomic mass is 19.1. The summed E-state index contributed by atoms with van der Waals surface area (Å²) in [6, 6.07) is 6.30. The van der Waals surface area contributed by atoms with E-state index in [1.165, 1.54) is 12.1 Å². The van der Waals surface area contributed by atoms with Gasteiger partial charge in [0.25, 0.3) is 5.91 Å². The molecule has 1 amide bonds. The third-order valence-corrected chi connectivity index (χ3v) is 2.63. The number of carbonyl (C=O) groups is 1. The molecule has 0 bridgehead atoms. The van der Waals surface area contributed by atoms with Crippen LogP contribution >= 0.6 is 0 Å². The summed E-state index contributed by atoms with van der Waals surface area (Å²) in [5.74, 6) is -1.01. The summed E-state index contributed by atoms with van der Waals surface area (Å²) in [6.45, 7) is -0.0668. The van der Waals surface area contributed by atoms with Crippen LogP contribution in [-0.2, 0) is 4.79 Å². The number of fused-ring (bicyclic) bond motifs is 1. The van der Waals surface area contributed by atoms with Crippen molar-refractivity contribution < 1.29 is 18.3 Å². The molecular weight excluding hydrogens is 254 g/mol. The summed E-state index contributed by atoms with van der Waals surface area (Å²) in [6.07, 6.45) is 0. The van der Waals surface area contributed by atoms with E-state index in [9.17, 15) is 13.6 Å². The SMILES string of the molecule is O=C1COc2ccc(-c3cc(F)cc(F)c3)nc2N1. The van der Waals surface area contributed by atoms with Crippen LogP contribution in [0.15, 0.2) is 30.3 Å². The predicted octanol–water partition coefficient (Wildman–Crippen LogP) is 2.36. The molecule has 0 spiro atoms. The van der Waals surface area contributed by atoms with Gasteiger partial charge >= 0.3 is 0 Å². The molecule has 96 valence electrons. The first kappa shape index (κ1) is 11.6. The van der Waals surface area contributed by atoms with Gasteiger partial charge in [0.15, 0.2) is 18.2 Å². The van der Waals surface area contributed by atoms with Crippen molar-refractivity contribution in [1.29, 1.82) is 0 Å². The van der Waals surface area contributed by atoms with Gasteiger partial charge in [-0.2, -0.15) is 0 Å². The van der Waals surface area contributed by atoms with Gasteiger partial charge in [0.05, 0.1) is 5.69 Å². The maximum Gasteiger partial charge on any atom is 0.263 e. The topological polar surface area (TPSA) is 51.2 Å². The van der Waals surface area contributed by atoms with E-state index in [2.05, 4.69) is 10.3 Å². The number of anilines is 1. The lowest BCUT2D eigenvalue weighted by Crippen LogP contribution is -2.26. The average molecular weight is 262 g/mol. The molecule has 1 N–H and O–H groups in total. The first-order valence-electron chi connectivity index (χ1n) is 5.52. The van der Waals surface area contributed by atoms with Gasteiger partial charge in [-0.05, 0) is 24.3 Å². The smallest absolute Gasteiger partial charge is 0.263 e. The molecule has 0 saturated carbocycles. The van der Waals surface area contributed by atoms with Crippen LogP contribution in [0.2, 0.25) is 0 Å². The fourth-order valence-electron chi connectivity index (χ4n) is 1.83. The Hall–Kier alpha value is -2.50. The van der Waals surface area contributed by atoms with E-state index >= 15 is 0 Å². The van der Waals surface area contributed by atoms with Crippen molar-refractivity contribution in [3.63, 3.8) is 0 Å². The number of halogens is 2. The summed E-state index contributed by atoms with van der Waals surface area (Å²) >= 11 is 0. The molecule has 4 nitrogen and oxygen atoms in total. The Morgan fingerprint density at radius 3 is 2.63 bits per heavy atom. The standard InChI is InChI=1S/C13H8F2N2O2/c14-8-3-7(4-9(15)5-8)10-1-2-11-13(16-10)17-12(18)6-19-11/h1-5H,6H2,(H,16,17,18). The molecule has 0 aliphatic carbocycles. The molecule has 1 aliphatic rings. The summed E-state index contributed by atoms with van der Waals surface area (Å²) in [7, 11) is 0.